The van der Waals surface area contributed by atoms with Crippen LogP contribution in [-0.4, -0.2) is 22.4 Å². The third-order valence-corrected chi connectivity index (χ3v) is 3.01. The maximum Gasteiger partial charge on any atom is 0.164 e. The standard InChI is InChI=1S/C14H17FN4/c1-4-10-6-8-19(3)13(10)14(16-2)18-12-5-7-17-9-11(12)15/h5-9H,4H2,1-3H3,(H,16,17,18). The Morgan fingerprint density at radius 3 is 2.89 bits per heavy atom. The van der Waals surface area contributed by atoms with Crippen LogP contribution in [-0.2, 0) is 13.5 Å². The molecular weight excluding hydrogens is 243 g/mol. The number of amidine groups is 1. The molecule has 2 aromatic rings. The third-order valence-electron chi connectivity index (χ3n) is 3.01. The SMILES string of the molecule is CCc1ccn(C)c1C(=NC)Nc1ccncc1F. The van der Waals surface area contributed by atoms with Gasteiger partial charge in [-0.1, -0.05) is 6.92 Å². The average Bonchev–Trinajstić information content (AvgIpc) is 2.79. The van der Waals surface area contributed by atoms with Gasteiger partial charge in [0, 0.05) is 26.5 Å². The van der Waals surface area contributed by atoms with Crippen molar-refractivity contribution in [3.63, 3.8) is 0 Å². The first-order valence-electron chi connectivity index (χ1n) is 6.15. The number of halogens is 1. The van der Waals surface area contributed by atoms with Crippen LogP contribution in [0, 0.1) is 5.82 Å². The van der Waals surface area contributed by atoms with Gasteiger partial charge in [0.05, 0.1) is 17.6 Å². The molecule has 2 aromatic heterocycles. The van der Waals surface area contributed by atoms with Gasteiger partial charge in [0.25, 0.3) is 0 Å². The Hall–Kier alpha value is -2.17. The van der Waals surface area contributed by atoms with Crippen molar-refractivity contribution in [2.75, 3.05) is 12.4 Å². The van der Waals surface area contributed by atoms with Gasteiger partial charge in [0.15, 0.2) is 5.82 Å². The first-order chi connectivity index (χ1) is 9.17. The van der Waals surface area contributed by atoms with Crippen LogP contribution >= 0.6 is 0 Å². The average molecular weight is 260 g/mol. The van der Waals surface area contributed by atoms with Crippen LogP contribution in [0.2, 0.25) is 0 Å². The maximum absolute atomic E-state index is 13.6. The van der Waals surface area contributed by atoms with Crippen molar-refractivity contribution in [2.45, 2.75) is 13.3 Å². The molecule has 100 valence electrons. The number of aryl methyl sites for hydroxylation is 2. The van der Waals surface area contributed by atoms with E-state index in [1.165, 1.54) is 11.8 Å². The van der Waals surface area contributed by atoms with Gasteiger partial charge in [-0.15, -0.1) is 0 Å². The van der Waals surface area contributed by atoms with E-state index in [4.69, 9.17) is 0 Å². The minimum Gasteiger partial charge on any atom is -0.348 e. The Morgan fingerprint density at radius 1 is 1.47 bits per heavy atom. The van der Waals surface area contributed by atoms with Crippen LogP contribution in [0.3, 0.4) is 0 Å². The lowest BCUT2D eigenvalue weighted by molar-refractivity contribution is 0.626. The minimum atomic E-state index is -0.393. The highest BCUT2D eigenvalue weighted by Gasteiger charge is 2.13. The number of nitrogens with one attached hydrogen (secondary N) is 1. The highest BCUT2D eigenvalue weighted by Crippen LogP contribution is 2.16. The van der Waals surface area contributed by atoms with Crippen molar-refractivity contribution in [3.8, 4) is 0 Å². The fourth-order valence-electron chi connectivity index (χ4n) is 2.01. The molecule has 0 atom stereocenters. The van der Waals surface area contributed by atoms with E-state index in [0.29, 0.717) is 11.5 Å². The first kappa shape index (κ1) is 13.3. The van der Waals surface area contributed by atoms with Gasteiger partial charge in [-0.25, -0.2) is 4.39 Å². The molecule has 0 saturated carbocycles. The smallest absolute Gasteiger partial charge is 0.164 e. The molecule has 0 unspecified atom stereocenters. The second-order valence-electron chi connectivity index (χ2n) is 4.21. The van der Waals surface area contributed by atoms with Crippen molar-refractivity contribution >= 4 is 11.5 Å². The molecule has 0 saturated heterocycles. The number of hydrogen-bond acceptors (Lipinski definition) is 2. The lowest BCUT2D eigenvalue weighted by Crippen LogP contribution is -2.19. The molecule has 0 aliphatic carbocycles. The van der Waals surface area contributed by atoms with Gasteiger partial charge < -0.3 is 9.88 Å². The van der Waals surface area contributed by atoms with Crippen LogP contribution in [0.4, 0.5) is 10.1 Å². The Morgan fingerprint density at radius 2 is 2.26 bits per heavy atom. The fourth-order valence-corrected chi connectivity index (χ4v) is 2.01. The normalized spacial score (nSPS) is 11.7. The molecule has 0 spiro atoms. The second kappa shape index (κ2) is 5.65. The Kier molecular flexibility index (Phi) is 3.94. The summed E-state index contributed by atoms with van der Waals surface area (Å²) in [4.78, 5) is 7.97. The molecule has 0 aliphatic heterocycles. The van der Waals surface area contributed by atoms with Crippen molar-refractivity contribution in [1.29, 1.82) is 0 Å². The summed E-state index contributed by atoms with van der Waals surface area (Å²) in [7, 11) is 3.64. The topological polar surface area (TPSA) is 42.2 Å². The van der Waals surface area contributed by atoms with Gasteiger partial charge in [-0.3, -0.25) is 9.98 Å². The highest BCUT2D eigenvalue weighted by molar-refractivity contribution is 6.08. The van der Waals surface area contributed by atoms with Crippen LogP contribution in [0.15, 0.2) is 35.7 Å². The lowest BCUT2D eigenvalue weighted by Gasteiger charge is -2.13. The molecule has 0 radical (unpaired) electrons. The zero-order valence-corrected chi connectivity index (χ0v) is 11.3. The van der Waals surface area contributed by atoms with Gasteiger partial charge >= 0.3 is 0 Å². The molecule has 2 heterocycles. The Bertz CT molecular complexity index is 601. The molecule has 1 N–H and O–H groups in total. The summed E-state index contributed by atoms with van der Waals surface area (Å²) in [5.74, 6) is 0.255. The van der Waals surface area contributed by atoms with Gasteiger partial charge in [0.2, 0.25) is 0 Å². The van der Waals surface area contributed by atoms with Crippen molar-refractivity contribution in [2.24, 2.45) is 12.0 Å². The van der Waals surface area contributed by atoms with E-state index < -0.39 is 5.82 Å². The molecule has 5 heteroatoms. The molecule has 0 fully saturated rings. The van der Waals surface area contributed by atoms with Crippen molar-refractivity contribution < 1.29 is 4.39 Å². The summed E-state index contributed by atoms with van der Waals surface area (Å²) < 4.78 is 15.6. The highest BCUT2D eigenvalue weighted by atomic mass is 19.1. The van der Waals surface area contributed by atoms with Crippen LogP contribution in [0.25, 0.3) is 0 Å². The zero-order chi connectivity index (χ0) is 13.8. The van der Waals surface area contributed by atoms with E-state index in [9.17, 15) is 4.39 Å². The summed E-state index contributed by atoms with van der Waals surface area (Å²) >= 11 is 0. The van der Waals surface area contributed by atoms with Crippen LogP contribution in [0.1, 0.15) is 18.2 Å². The summed E-state index contributed by atoms with van der Waals surface area (Å²) in [6, 6.07) is 3.64. The predicted octanol–water partition coefficient (Wildman–Crippen LogP) is 2.61. The van der Waals surface area contributed by atoms with E-state index in [-0.39, 0.29) is 0 Å². The minimum absolute atomic E-state index is 0.374. The van der Waals surface area contributed by atoms with Crippen molar-refractivity contribution in [1.82, 2.24) is 9.55 Å². The Balaban J connectivity index is 2.37. The molecule has 0 aliphatic rings. The second-order valence-corrected chi connectivity index (χ2v) is 4.21. The van der Waals surface area contributed by atoms with E-state index in [1.807, 2.05) is 23.9 Å². The number of aromatic nitrogens is 2. The first-order valence-corrected chi connectivity index (χ1v) is 6.15. The summed E-state index contributed by atoms with van der Waals surface area (Å²) in [6.07, 6.45) is 5.60. The van der Waals surface area contributed by atoms with E-state index >= 15 is 0 Å². The third kappa shape index (κ3) is 2.65. The predicted molar refractivity (Wildman–Crippen MR) is 75.1 cm³/mol. The van der Waals surface area contributed by atoms with Crippen LogP contribution < -0.4 is 5.32 Å². The molecule has 19 heavy (non-hydrogen) atoms. The number of rotatable bonds is 3. The monoisotopic (exact) mass is 260 g/mol. The molecule has 0 aromatic carbocycles. The number of aliphatic imine (C=N–C) groups is 1. The van der Waals surface area contributed by atoms with E-state index in [0.717, 1.165) is 12.1 Å². The number of nitrogens with zero attached hydrogens (tertiary/aromatic N) is 3. The van der Waals surface area contributed by atoms with Gasteiger partial charge in [-0.05, 0) is 24.1 Å². The van der Waals surface area contributed by atoms with E-state index in [2.05, 4.69) is 22.2 Å². The maximum atomic E-state index is 13.6. The zero-order valence-electron chi connectivity index (χ0n) is 11.3. The molecule has 0 amide bonds. The number of hydrogen-bond donors (Lipinski definition) is 1. The number of pyridine rings is 1. The van der Waals surface area contributed by atoms with E-state index in [1.54, 1.807) is 19.3 Å². The summed E-state index contributed by atoms with van der Waals surface area (Å²) in [6.45, 7) is 2.08. The summed E-state index contributed by atoms with van der Waals surface area (Å²) in [5, 5.41) is 3.03. The van der Waals surface area contributed by atoms with Crippen molar-refractivity contribution in [3.05, 3.63) is 47.8 Å². The molecule has 0 bridgehead atoms. The molecular formula is C14H17FN4. The quantitative estimate of drug-likeness (QED) is 0.681. The Labute approximate surface area is 112 Å². The van der Waals surface area contributed by atoms with Gasteiger partial charge in [0.1, 0.15) is 5.84 Å². The summed E-state index contributed by atoms with van der Waals surface area (Å²) in [5.41, 5.74) is 2.52. The number of anilines is 1. The van der Waals surface area contributed by atoms with Gasteiger partial charge in [-0.2, -0.15) is 0 Å². The lowest BCUT2D eigenvalue weighted by atomic mass is 10.1. The molecule has 4 nitrogen and oxygen atoms in total. The molecule has 2 rings (SSSR count). The van der Waals surface area contributed by atoms with Crippen LogP contribution in [0.5, 0.6) is 0 Å². The fraction of sp³-hybridized carbons (Fsp3) is 0.286. The largest absolute Gasteiger partial charge is 0.348 e.